The van der Waals surface area contributed by atoms with Gasteiger partial charge in [-0.1, -0.05) is 0 Å². The normalized spacial score (nSPS) is 10.1. The van der Waals surface area contributed by atoms with Crippen LogP contribution in [0.15, 0.2) is 18.2 Å². The molecule has 1 aromatic carbocycles. The predicted molar refractivity (Wildman–Crippen MR) is 43.9 cm³/mol. The Morgan fingerprint density at radius 3 is 2.09 bits per heavy atom. The van der Waals surface area contributed by atoms with Gasteiger partial charge in [0.1, 0.15) is 11.6 Å². The monoisotopic (exact) mass is 174 g/mol. The van der Waals surface area contributed by atoms with E-state index in [1.807, 2.05) is 0 Å². The lowest BCUT2D eigenvalue weighted by molar-refractivity contribution is 0.580. The van der Waals surface area contributed by atoms with Gasteiger partial charge in [0.05, 0.1) is 0 Å². The van der Waals surface area contributed by atoms with Crippen LogP contribution in [0.3, 0.4) is 0 Å². The molecular weight excluding hydrogens is 166 g/mol. The molecule has 0 saturated carbocycles. The molecule has 0 saturated heterocycles. The van der Waals surface area contributed by atoms with E-state index in [2.05, 4.69) is 12.6 Å². The van der Waals surface area contributed by atoms with Gasteiger partial charge in [-0.15, -0.1) is 0 Å². The van der Waals surface area contributed by atoms with E-state index in [0.29, 0.717) is 17.7 Å². The molecule has 0 heterocycles. The highest BCUT2D eigenvalue weighted by Gasteiger charge is 1.98. The minimum Gasteiger partial charge on any atom is -0.207 e. The van der Waals surface area contributed by atoms with Crippen molar-refractivity contribution in [3.63, 3.8) is 0 Å². The lowest BCUT2D eigenvalue weighted by atomic mass is 10.2. The molecule has 11 heavy (non-hydrogen) atoms. The van der Waals surface area contributed by atoms with Crippen LogP contribution in [0.4, 0.5) is 8.78 Å². The quantitative estimate of drug-likeness (QED) is 0.654. The maximum atomic E-state index is 12.5. The molecule has 0 fully saturated rings. The van der Waals surface area contributed by atoms with Gasteiger partial charge < -0.3 is 0 Å². The molecule has 60 valence electrons. The molecule has 0 bridgehead atoms. The summed E-state index contributed by atoms with van der Waals surface area (Å²) in [5.74, 6) is -0.452. The van der Waals surface area contributed by atoms with Crippen LogP contribution >= 0.6 is 12.6 Å². The molecule has 0 amide bonds. The Balaban J connectivity index is 2.89. The Morgan fingerprint density at radius 1 is 1.09 bits per heavy atom. The third-order valence-electron chi connectivity index (χ3n) is 1.32. The zero-order valence-electron chi connectivity index (χ0n) is 5.85. The van der Waals surface area contributed by atoms with Crippen LogP contribution in [0.1, 0.15) is 5.56 Å². The molecule has 1 rings (SSSR count). The lowest BCUT2D eigenvalue weighted by Gasteiger charge is -1.97. The van der Waals surface area contributed by atoms with Crippen molar-refractivity contribution in [2.24, 2.45) is 0 Å². The van der Waals surface area contributed by atoms with Gasteiger partial charge in [0.25, 0.3) is 0 Å². The van der Waals surface area contributed by atoms with Crippen molar-refractivity contribution in [3.05, 3.63) is 35.4 Å². The van der Waals surface area contributed by atoms with Gasteiger partial charge in [-0.3, -0.25) is 0 Å². The number of halogens is 2. The fraction of sp³-hybridized carbons (Fsp3) is 0.250. The fourth-order valence-corrected chi connectivity index (χ4v) is 1.14. The number of hydrogen-bond acceptors (Lipinski definition) is 1. The first-order chi connectivity index (χ1) is 5.22. The zero-order valence-corrected chi connectivity index (χ0v) is 6.74. The Bertz CT molecular complexity index is 228. The summed E-state index contributed by atoms with van der Waals surface area (Å²) >= 11 is 3.96. The second kappa shape index (κ2) is 3.72. The van der Waals surface area contributed by atoms with Gasteiger partial charge >= 0.3 is 0 Å². The second-order valence-electron chi connectivity index (χ2n) is 2.25. The first kappa shape index (κ1) is 8.53. The van der Waals surface area contributed by atoms with E-state index in [-0.39, 0.29) is 0 Å². The fourth-order valence-electron chi connectivity index (χ4n) is 0.884. The largest absolute Gasteiger partial charge is 0.207 e. The van der Waals surface area contributed by atoms with Crippen LogP contribution in [-0.2, 0) is 6.42 Å². The van der Waals surface area contributed by atoms with Gasteiger partial charge in [-0.25, -0.2) is 8.78 Å². The van der Waals surface area contributed by atoms with Crippen LogP contribution < -0.4 is 0 Å². The van der Waals surface area contributed by atoms with E-state index in [1.165, 1.54) is 12.1 Å². The first-order valence-electron chi connectivity index (χ1n) is 3.28. The van der Waals surface area contributed by atoms with E-state index in [9.17, 15) is 8.78 Å². The van der Waals surface area contributed by atoms with Crippen molar-refractivity contribution >= 4 is 12.6 Å². The molecule has 0 aliphatic carbocycles. The van der Waals surface area contributed by atoms with Crippen LogP contribution in [0.5, 0.6) is 0 Å². The number of rotatable bonds is 2. The Hall–Kier alpha value is -0.570. The molecule has 0 aliphatic rings. The maximum absolute atomic E-state index is 12.5. The highest BCUT2D eigenvalue weighted by Crippen LogP contribution is 2.08. The number of hydrogen-bond donors (Lipinski definition) is 1. The molecule has 1 aromatic rings. The average Bonchev–Trinajstić information content (AvgIpc) is 1.85. The van der Waals surface area contributed by atoms with Crippen molar-refractivity contribution in [1.82, 2.24) is 0 Å². The Kier molecular flexibility index (Phi) is 2.88. The van der Waals surface area contributed by atoms with Crippen LogP contribution in [0, 0.1) is 11.6 Å². The second-order valence-corrected chi connectivity index (χ2v) is 2.70. The van der Waals surface area contributed by atoms with Crippen molar-refractivity contribution in [2.75, 3.05) is 5.75 Å². The number of benzene rings is 1. The standard InChI is InChI=1S/C8H8F2S/c9-7-3-6(1-2-11)4-8(10)5-7/h3-5,11H,1-2H2. The van der Waals surface area contributed by atoms with E-state index in [1.54, 1.807) is 0 Å². The zero-order chi connectivity index (χ0) is 8.27. The summed E-state index contributed by atoms with van der Waals surface area (Å²) in [6.07, 6.45) is 0.595. The molecule has 0 N–H and O–H groups in total. The lowest BCUT2D eigenvalue weighted by Crippen LogP contribution is -1.89. The smallest absolute Gasteiger partial charge is 0.126 e. The van der Waals surface area contributed by atoms with Gasteiger partial charge in [-0.2, -0.15) is 12.6 Å². The van der Waals surface area contributed by atoms with Crippen molar-refractivity contribution < 1.29 is 8.78 Å². The summed E-state index contributed by atoms with van der Waals surface area (Å²) in [6, 6.07) is 3.50. The topological polar surface area (TPSA) is 0 Å². The third-order valence-corrected chi connectivity index (χ3v) is 1.55. The highest BCUT2D eigenvalue weighted by molar-refractivity contribution is 7.80. The molecule has 3 heteroatoms. The maximum Gasteiger partial charge on any atom is 0.126 e. The van der Waals surface area contributed by atoms with E-state index in [0.717, 1.165) is 6.07 Å². The van der Waals surface area contributed by atoms with Crippen LogP contribution in [0.25, 0.3) is 0 Å². The SMILES string of the molecule is Fc1cc(F)cc(CCS)c1. The van der Waals surface area contributed by atoms with Crippen molar-refractivity contribution in [2.45, 2.75) is 6.42 Å². The predicted octanol–water partition coefficient (Wildman–Crippen LogP) is 2.44. The molecule has 0 aliphatic heterocycles. The van der Waals surface area contributed by atoms with Gasteiger partial charge in [0.2, 0.25) is 0 Å². The molecule has 0 radical (unpaired) electrons. The summed E-state index contributed by atoms with van der Waals surface area (Å²) in [5.41, 5.74) is 0.650. The van der Waals surface area contributed by atoms with E-state index >= 15 is 0 Å². The Morgan fingerprint density at radius 2 is 1.64 bits per heavy atom. The molecule has 0 spiro atoms. The molecule has 0 aromatic heterocycles. The van der Waals surface area contributed by atoms with Gasteiger partial charge in [0, 0.05) is 6.07 Å². The third kappa shape index (κ3) is 2.50. The molecular formula is C8H8F2S. The summed E-state index contributed by atoms with van der Waals surface area (Å²) in [7, 11) is 0. The summed E-state index contributed by atoms with van der Waals surface area (Å²) in [6.45, 7) is 0. The molecule has 0 atom stereocenters. The average molecular weight is 174 g/mol. The number of aryl methyl sites for hydroxylation is 1. The van der Waals surface area contributed by atoms with Crippen molar-refractivity contribution in [1.29, 1.82) is 0 Å². The highest BCUT2D eigenvalue weighted by atomic mass is 32.1. The van der Waals surface area contributed by atoms with Crippen LogP contribution in [-0.4, -0.2) is 5.75 Å². The van der Waals surface area contributed by atoms with Gasteiger partial charge in [-0.05, 0) is 29.9 Å². The van der Waals surface area contributed by atoms with Crippen molar-refractivity contribution in [3.8, 4) is 0 Å². The Labute approximate surface area is 69.6 Å². The summed E-state index contributed by atoms with van der Waals surface area (Å²) < 4.78 is 25.0. The van der Waals surface area contributed by atoms with E-state index in [4.69, 9.17) is 0 Å². The summed E-state index contributed by atoms with van der Waals surface area (Å²) in [4.78, 5) is 0. The number of thiol groups is 1. The minimum atomic E-state index is -0.526. The molecule has 0 nitrogen and oxygen atoms in total. The first-order valence-corrected chi connectivity index (χ1v) is 3.91. The minimum absolute atomic E-state index is 0.526. The summed E-state index contributed by atoms with van der Waals surface area (Å²) in [5, 5.41) is 0. The molecule has 0 unspecified atom stereocenters. The van der Waals surface area contributed by atoms with Gasteiger partial charge in [0.15, 0.2) is 0 Å². The van der Waals surface area contributed by atoms with E-state index < -0.39 is 11.6 Å². The van der Waals surface area contributed by atoms with Crippen LogP contribution in [0.2, 0.25) is 0 Å².